The standard InChI is InChI=1S/C13H25NO4/c1-5-6-9-17-13(16)18-12(15)11(14-4)8-7-10(2)3/h10-11,14H,5-9H2,1-4H3. The second-order valence-electron chi connectivity index (χ2n) is 4.69. The summed E-state index contributed by atoms with van der Waals surface area (Å²) in [5, 5.41) is 2.85. The van der Waals surface area contributed by atoms with Gasteiger partial charge in [0.2, 0.25) is 0 Å². The third-order valence-electron chi connectivity index (χ3n) is 2.57. The van der Waals surface area contributed by atoms with Gasteiger partial charge in [0.1, 0.15) is 6.04 Å². The molecule has 0 amide bonds. The Kier molecular flexibility index (Phi) is 9.28. The molecule has 0 saturated carbocycles. The van der Waals surface area contributed by atoms with Crippen LogP contribution in [0.3, 0.4) is 0 Å². The number of esters is 1. The van der Waals surface area contributed by atoms with Crippen LogP contribution in [0.5, 0.6) is 0 Å². The average molecular weight is 259 g/mol. The van der Waals surface area contributed by atoms with Crippen molar-refractivity contribution in [2.24, 2.45) is 5.92 Å². The number of nitrogens with one attached hydrogen (secondary N) is 1. The molecule has 106 valence electrons. The van der Waals surface area contributed by atoms with E-state index in [0.29, 0.717) is 18.9 Å². The highest BCUT2D eigenvalue weighted by Gasteiger charge is 2.21. The SMILES string of the molecule is CCCCOC(=O)OC(=O)C(CCC(C)C)NC. The van der Waals surface area contributed by atoms with Gasteiger partial charge in [0.05, 0.1) is 6.61 Å². The Morgan fingerprint density at radius 2 is 1.89 bits per heavy atom. The van der Waals surface area contributed by atoms with Crippen molar-refractivity contribution in [2.45, 2.75) is 52.5 Å². The molecule has 0 aromatic heterocycles. The first-order valence-electron chi connectivity index (χ1n) is 6.56. The molecule has 1 N–H and O–H groups in total. The molecule has 0 aliphatic heterocycles. The molecule has 0 aromatic carbocycles. The van der Waals surface area contributed by atoms with E-state index in [2.05, 4.69) is 23.9 Å². The minimum Gasteiger partial charge on any atom is -0.434 e. The maximum Gasteiger partial charge on any atom is 0.516 e. The van der Waals surface area contributed by atoms with Gasteiger partial charge >= 0.3 is 12.1 Å². The molecular weight excluding hydrogens is 234 g/mol. The molecule has 0 rings (SSSR count). The van der Waals surface area contributed by atoms with E-state index in [-0.39, 0.29) is 0 Å². The van der Waals surface area contributed by atoms with Crippen LogP contribution in [0.1, 0.15) is 46.5 Å². The Balaban J connectivity index is 3.98. The highest BCUT2D eigenvalue weighted by molar-refractivity contribution is 5.85. The topological polar surface area (TPSA) is 64.6 Å². The largest absolute Gasteiger partial charge is 0.516 e. The maximum atomic E-state index is 11.6. The van der Waals surface area contributed by atoms with Crippen molar-refractivity contribution >= 4 is 12.1 Å². The van der Waals surface area contributed by atoms with Crippen LogP contribution in [-0.4, -0.2) is 31.8 Å². The fourth-order valence-electron chi connectivity index (χ4n) is 1.36. The molecular formula is C13H25NO4. The lowest BCUT2D eigenvalue weighted by molar-refractivity contribution is -0.142. The second-order valence-corrected chi connectivity index (χ2v) is 4.69. The van der Waals surface area contributed by atoms with E-state index in [4.69, 9.17) is 4.74 Å². The zero-order chi connectivity index (χ0) is 14.0. The highest BCUT2D eigenvalue weighted by Crippen LogP contribution is 2.08. The summed E-state index contributed by atoms with van der Waals surface area (Å²) >= 11 is 0. The molecule has 1 atom stereocenters. The monoisotopic (exact) mass is 259 g/mol. The Hall–Kier alpha value is -1.10. The highest BCUT2D eigenvalue weighted by atomic mass is 16.7. The Bertz CT molecular complexity index is 253. The maximum absolute atomic E-state index is 11.6. The molecule has 18 heavy (non-hydrogen) atoms. The number of ether oxygens (including phenoxy) is 2. The van der Waals surface area contributed by atoms with Crippen molar-refractivity contribution in [1.29, 1.82) is 0 Å². The van der Waals surface area contributed by atoms with Crippen molar-refractivity contribution < 1.29 is 19.1 Å². The summed E-state index contributed by atoms with van der Waals surface area (Å²) in [7, 11) is 1.68. The van der Waals surface area contributed by atoms with Gasteiger partial charge in [0.15, 0.2) is 0 Å². The molecule has 0 heterocycles. The smallest absolute Gasteiger partial charge is 0.434 e. The van der Waals surface area contributed by atoms with Crippen molar-refractivity contribution in [3.8, 4) is 0 Å². The molecule has 0 fully saturated rings. The van der Waals surface area contributed by atoms with Gasteiger partial charge < -0.3 is 14.8 Å². The van der Waals surface area contributed by atoms with Gasteiger partial charge in [-0.05, 0) is 32.2 Å². The van der Waals surface area contributed by atoms with Gasteiger partial charge in [-0.2, -0.15) is 0 Å². The lowest BCUT2D eigenvalue weighted by atomic mass is 10.0. The first-order valence-corrected chi connectivity index (χ1v) is 6.56. The summed E-state index contributed by atoms with van der Waals surface area (Å²) in [6.45, 7) is 6.44. The van der Waals surface area contributed by atoms with Crippen molar-refractivity contribution in [3.63, 3.8) is 0 Å². The molecule has 0 saturated heterocycles. The predicted molar refractivity (Wildman–Crippen MR) is 69.3 cm³/mol. The van der Waals surface area contributed by atoms with Crippen LogP contribution >= 0.6 is 0 Å². The van der Waals surface area contributed by atoms with Crippen molar-refractivity contribution in [2.75, 3.05) is 13.7 Å². The quantitative estimate of drug-likeness (QED) is 0.412. The predicted octanol–water partition coefficient (Wildman–Crippen LogP) is 2.49. The second kappa shape index (κ2) is 9.88. The number of hydrogen-bond acceptors (Lipinski definition) is 5. The molecule has 0 spiro atoms. The fraction of sp³-hybridized carbons (Fsp3) is 0.846. The van der Waals surface area contributed by atoms with Crippen molar-refractivity contribution in [1.82, 2.24) is 5.32 Å². The van der Waals surface area contributed by atoms with Gasteiger partial charge in [0.25, 0.3) is 0 Å². The van der Waals surface area contributed by atoms with E-state index in [1.807, 2.05) is 6.92 Å². The minimum absolute atomic E-state index is 0.291. The molecule has 0 bridgehead atoms. The fourth-order valence-corrected chi connectivity index (χ4v) is 1.36. The summed E-state index contributed by atoms with van der Waals surface area (Å²) in [4.78, 5) is 22.8. The van der Waals surface area contributed by atoms with Crippen LogP contribution < -0.4 is 5.32 Å². The number of carbonyl (C=O) groups excluding carboxylic acids is 2. The molecule has 0 aromatic rings. The Morgan fingerprint density at radius 3 is 2.39 bits per heavy atom. The van der Waals surface area contributed by atoms with Crippen molar-refractivity contribution in [3.05, 3.63) is 0 Å². The van der Waals surface area contributed by atoms with Crippen LogP contribution in [0.15, 0.2) is 0 Å². The summed E-state index contributed by atoms with van der Waals surface area (Å²) in [5.41, 5.74) is 0. The molecule has 0 radical (unpaired) electrons. The van der Waals surface area contributed by atoms with Crippen LogP contribution in [0.4, 0.5) is 4.79 Å². The number of hydrogen-bond donors (Lipinski definition) is 1. The number of unbranched alkanes of at least 4 members (excludes halogenated alkanes) is 1. The molecule has 5 nitrogen and oxygen atoms in total. The summed E-state index contributed by atoms with van der Waals surface area (Å²) < 4.78 is 9.38. The van der Waals surface area contributed by atoms with E-state index in [0.717, 1.165) is 19.3 Å². The van der Waals surface area contributed by atoms with Gasteiger partial charge in [-0.1, -0.05) is 27.2 Å². The number of likely N-dealkylation sites (N-methyl/N-ethyl adjacent to an activating group) is 1. The number of carbonyl (C=O) groups is 2. The third-order valence-corrected chi connectivity index (χ3v) is 2.57. The van der Waals surface area contributed by atoms with Crippen LogP contribution in [0.25, 0.3) is 0 Å². The minimum atomic E-state index is -0.904. The van der Waals surface area contributed by atoms with Crippen LogP contribution in [0.2, 0.25) is 0 Å². The zero-order valence-electron chi connectivity index (χ0n) is 11.8. The summed E-state index contributed by atoms with van der Waals surface area (Å²) in [6, 6.07) is -0.453. The first kappa shape index (κ1) is 16.9. The first-order chi connectivity index (χ1) is 8.51. The third kappa shape index (κ3) is 8.06. The van der Waals surface area contributed by atoms with Crippen LogP contribution in [-0.2, 0) is 14.3 Å². The molecule has 5 heteroatoms. The normalized spacial score (nSPS) is 12.3. The van der Waals surface area contributed by atoms with E-state index >= 15 is 0 Å². The Labute approximate surface area is 109 Å². The van der Waals surface area contributed by atoms with Gasteiger partial charge in [-0.15, -0.1) is 0 Å². The average Bonchev–Trinajstić information content (AvgIpc) is 2.29. The zero-order valence-corrected chi connectivity index (χ0v) is 11.8. The lowest BCUT2D eigenvalue weighted by Crippen LogP contribution is -2.37. The van der Waals surface area contributed by atoms with E-state index in [1.54, 1.807) is 7.05 Å². The molecule has 0 aliphatic carbocycles. The Morgan fingerprint density at radius 1 is 1.22 bits per heavy atom. The summed E-state index contributed by atoms with van der Waals surface area (Å²) in [5.74, 6) is -0.0650. The molecule has 1 unspecified atom stereocenters. The van der Waals surface area contributed by atoms with Crippen LogP contribution in [0, 0.1) is 5.92 Å². The summed E-state index contributed by atoms with van der Waals surface area (Å²) in [6.07, 6.45) is 2.33. The van der Waals surface area contributed by atoms with E-state index in [1.165, 1.54) is 0 Å². The molecule has 0 aliphatic rings. The van der Waals surface area contributed by atoms with Gasteiger partial charge in [-0.3, -0.25) is 0 Å². The van der Waals surface area contributed by atoms with E-state index in [9.17, 15) is 9.59 Å². The number of rotatable bonds is 8. The lowest BCUT2D eigenvalue weighted by Gasteiger charge is -2.15. The van der Waals surface area contributed by atoms with Gasteiger partial charge in [0, 0.05) is 0 Å². The van der Waals surface area contributed by atoms with Gasteiger partial charge in [-0.25, -0.2) is 9.59 Å². The van der Waals surface area contributed by atoms with E-state index < -0.39 is 18.2 Å².